The maximum absolute atomic E-state index is 13.3. The quantitative estimate of drug-likeness (QED) is 0.122. The number of fused-ring (bicyclic) bond motifs is 6. The third-order valence-corrected chi connectivity index (χ3v) is 10.4. The van der Waals surface area contributed by atoms with Gasteiger partial charge in [-0.3, -0.25) is 4.79 Å². The summed E-state index contributed by atoms with van der Waals surface area (Å²) < 4.78 is 42.2. The molecule has 51 heavy (non-hydrogen) atoms. The van der Waals surface area contributed by atoms with Crippen LogP contribution in [0.5, 0.6) is 0 Å². The van der Waals surface area contributed by atoms with E-state index < -0.39 is 60.5 Å². The highest BCUT2D eigenvalue weighted by Crippen LogP contribution is 2.47. The zero-order chi connectivity index (χ0) is 37.0. The van der Waals surface area contributed by atoms with E-state index in [1.807, 2.05) is 0 Å². The van der Waals surface area contributed by atoms with E-state index in [0.29, 0.717) is 43.6 Å². The number of aliphatic hydroxyl groups is 3. The standard InChI is InChI=1S/C39H62O12/c1-6-7-8-9-10-14-34(42)50-37-27(21-35(43)45-5)20-32-24-33(25-40)47-26(2)19-28(41)22-29-12-11-13-30(48-29)23-31-16-18-46-36(49-31)15-17-38(3,4)39(37,44)51-32/h15,17,21,28-33,36-37,40-41,44H,2,6-14,16,18-20,22-25H2,1,3-5H3/b17-15+,27-21+/t28-,29-,30+,31-,32-,33+,36-,37-,39+/m0/s1. The van der Waals surface area contributed by atoms with Crippen molar-refractivity contribution in [1.29, 1.82) is 0 Å². The first-order chi connectivity index (χ1) is 24.3. The third kappa shape index (κ3) is 12.1. The molecule has 0 aromatic heterocycles. The Morgan fingerprint density at radius 1 is 1.00 bits per heavy atom. The summed E-state index contributed by atoms with van der Waals surface area (Å²) in [5.74, 6) is -3.08. The lowest BCUT2D eigenvalue weighted by molar-refractivity contribution is -0.327. The van der Waals surface area contributed by atoms with Crippen LogP contribution in [-0.2, 0) is 42.7 Å². The molecule has 3 fully saturated rings. The second-order valence-electron chi connectivity index (χ2n) is 15.1. The average Bonchev–Trinajstić information content (AvgIpc) is 3.08. The number of carbonyl (C=O) groups excluding carboxylic acids is 2. The molecular formula is C39H62O12. The van der Waals surface area contributed by atoms with Crippen LogP contribution in [0.4, 0.5) is 0 Å². The van der Waals surface area contributed by atoms with Gasteiger partial charge in [0.05, 0.1) is 56.6 Å². The highest BCUT2D eigenvalue weighted by atomic mass is 16.7. The third-order valence-electron chi connectivity index (χ3n) is 10.4. The predicted molar refractivity (Wildman–Crippen MR) is 188 cm³/mol. The van der Waals surface area contributed by atoms with Crippen molar-refractivity contribution in [2.24, 2.45) is 5.41 Å². The number of hydrogen-bond acceptors (Lipinski definition) is 12. The minimum atomic E-state index is -2.18. The van der Waals surface area contributed by atoms with E-state index in [1.165, 1.54) is 13.2 Å². The molecule has 9 atom stereocenters. The Labute approximate surface area is 303 Å². The van der Waals surface area contributed by atoms with Crippen molar-refractivity contribution in [3.8, 4) is 0 Å². The Hall–Kier alpha value is -2.32. The molecule has 4 rings (SSSR count). The van der Waals surface area contributed by atoms with Crippen LogP contribution in [0, 0.1) is 5.41 Å². The number of carbonyl (C=O) groups is 2. The number of unbranched alkanes of at least 4 members (excludes halogenated alkanes) is 4. The number of aliphatic hydroxyl groups excluding tert-OH is 2. The second-order valence-corrected chi connectivity index (χ2v) is 15.1. The van der Waals surface area contributed by atoms with Gasteiger partial charge in [0, 0.05) is 30.8 Å². The van der Waals surface area contributed by atoms with E-state index in [0.717, 1.165) is 44.9 Å². The Kier molecular flexibility index (Phi) is 16.0. The molecule has 6 bridgehead atoms. The van der Waals surface area contributed by atoms with Crippen LogP contribution in [0.25, 0.3) is 0 Å². The lowest BCUT2D eigenvalue weighted by Gasteiger charge is -2.51. The zero-order valence-corrected chi connectivity index (χ0v) is 31.1. The Morgan fingerprint density at radius 3 is 2.45 bits per heavy atom. The van der Waals surface area contributed by atoms with Crippen molar-refractivity contribution in [1.82, 2.24) is 0 Å². The summed E-state index contributed by atoms with van der Waals surface area (Å²) in [7, 11) is 1.25. The molecule has 4 aliphatic heterocycles. The van der Waals surface area contributed by atoms with Gasteiger partial charge in [-0.2, -0.15) is 0 Å². The maximum atomic E-state index is 13.3. The number of ether oxygens (including phenoxy) is 7. The first kappa shape index (κ1) is 41.4. The highest BCUT2D eigenvalue weighted by molar-refractivity contribution is 5.83. The van der Waals surface area contributed by atoms with Crippen molar-refractivity contribution < 1.29 is 58.1 Å². The fourth-order valence-corrected chi connectivity index (χ4v) is 7.50. The molecule has 12 heteroatoms. The van der Waals surface area contributed by atoms with Crippen molar-refractivity contribution in [2.45, 2.75) is 172 Å². The SMILES string of the molecule is C=C1C[C@H](O)C[C@@H]2CCC[C@H](C[C@@H]3CCO[C@H](/C=C/C(C)(C)[C@]4(O)O[C@@H](C/C(=C\C(=O)OC)[C@@H]4OC(=O)CCCCCCC)C[C@H](CO)O1)O3)O2. The fraction of sp³-hybridized carbons (Fsp3) is 0.795. The smallest absolute Gasteiger partial charge is 0.330 e. The summed E-state index contributed by atoms with van der Waals surface area (Å²) in [4.78, 5) is 26.0. The van der Waals surface area contributed by atoms with Crippen LogP contribution in [0.1, 0.15) is 117 Å². The van der Waals surface area contributed by atoms with Crippen LogP contribution in [0.2, 0.25) is 0 Å². The normalized spacial score (nSPS) is 36.4. The molecule has 4 aliphatic rings. The first-order valence-corrected chi connectivity index (χ1v) is 19.0. The van der Waals surface area contributed by atoms with E-state index in [2.05, 4.69) is 13.5 Å². The Balaban J connectivity index is 1.68. The molecule has 0 spiro atoms. The summed E-state index contributed by atoms with van der Waals surface area (Å²) in [5.41, 5.74) is -0.928. The molecule has 0 radical (unpaired) electrons. The maximum Gasteiger partial charge on any atom is 0.330 e. The molecule has 0 aromatic rings. The minimum Gasteiger partial charge on any atom is -0.493 e. The number of esters is 2. The number of hydrogen-bond donors (Lipinski definition) is 3. The second kappa shape index (κ2) is 19.7. The molecule has 0 amide bonds. The topological polar surface area (TPSA) is 159 Å². The Bertz CT molecular complexity index is 1200. The summed E-state index contributed by atoms with van der Waals surface area (Å²) in [6.07, 6.45) is 9.77. The van der Waals surface area contributed by atoms with Gasteiger partial charge in [-0.1, -0.05) is 59.1 Å². The molecule has 0 aromatic carbocycles. The molecule has 290 valence electrons. The van der Waals surface area contributed by atoms with Crippen molar-refractivity contribution in [3.63, 3.8) is 0 Å². The van der Waals surface area contributed by atoms with Gasteiger partial charge >= 0.3 is 11.9 Å². The molecule has 0 aliphatic carbocycles. The number of rotatable bonds is 9. The van der Waals surface area contributed by atoms with Gasteiger partial charge in [-0.15, -0.1) is 0 Å². The lowest BCUT2D eigenvalue weighted by atomic mass is 9.74. The summed E-state index contributed by atoms with van der Waals surface area (Å²) >= 11 is 0. The van der Waals surface area contributed by atoms with Crippen LogP contribution in [0.15, 0.2) is 36.1 Å². The number of methoxy groups -OCH3 is 1. The van der Waals surface area contributed by atoms with Crippen molar-refractivity contribution >= 4 is 11.9 Å². The van der Waals surface area contributed by atoms with Crippen molar-refractivity contribution in [2.75, 3.05) is 20.3 Å². The van der Waals surface area contributed by atoms with Gasteiger partial charge in [0.1, 0.15) is 6.10 Å². The van der Waals surface area contributed by atoms with E-state index in [9.17, 15) is 24.9 Å². The molecular weight excluding hydrogens is 660 g/mol. The largest absolute Gasteiger partial charge is 0.493 e. The van der Waals surface area contributed by atoms with Gasteiger partial charge in [-0.05, 0) is 63.0 Å². The lowest BCUT2D eigenvalue weighted by Crippen LogP contribution is -2.62. The van der Waals surface area contributed by atoms with Crippen LogP contribution < -0.4 is 0 Å². The van der Waals surface area contributed by atoms with E-state index in [1.54, 1.807) is 26.0 Å². The van der Waals surface area contributed by atoms with E-state index >= 15 is 0 Å². The predicted octanol–water partition coefficient (Wildman–Crippen LogP) is 5.31. The minimum absolute atomic E-state index is 0.0145. The summed E-state index contributed by atoms with van der Waals surface area (Å²) in [6, 6.07) is 0. The van der Waals surface area contributed by atoms with Crippen LogP contribution in [0.3, 0.4) is 0 Å². The van der Waals surface area contributed by atoms with E-state index in [-0.39, 0.29) is 44.0 Å². The zero-order valence-electron chi connectivity index (χ0n) is 31.1. The van der Waals surface area contributed by atoms with Crippen LogP contribution in [-0.4, -0.2) is 102 Å². The van der Waals surface area contributed by atoms with Gasteiger partial charge < -0.3 is 48.5 Å². The Morgan fingerprint density at radius 2 is 1.73 bits per heavy atom. The van der Waals surface area contributed by atoms with Crippen molar-refractivity contribution in [3.05, 3.63) is 36.1 Å². The van der Waals surface area contributed by atoms with Gasteiger partial charge in [0.2, 0.25) is 5.79 Å². The van der Waals surface area contributed by atoms with Crippen LogP contribution >= 0.6 is 0 Å². The molecule has 12 nitrogen and oxygen atoms in total. The highest BCUT2D eigenvalue weighted by Gasteiger charge is 2.57. The monoisotopic (exact) mass is 722 g/mol. The molecule has 3 N–H and O–H groups in total. The summed E-state index contributed by atoms with van der Waals surface area (Å²) in [6.45, 7) is 9.71. The van der Waals surface area contributed by atoms with Gasteiger partial charge in [0.25, 0.3) is 0 Å². The first-order valence-electron chi connectivity index (χ1n) is 19.0. The molecule has 4 heterocycles. The molecule has 0 saturated carbocycles. The van der Waals surface area contributed by atoms with Gasteiger partial charge in [-0.25, -0.2) is 4.79 Å². The average molecular weight is 723 g/mol. The molecule has 3 saturated heterocycles. The van der Waals surface area contributed by atoms with Gasteiger partial charge in [0.15, 0.2) is 12.4 Å². The van der Waals surface area contributed by atoms with E-state index in [4.69, 9.17) is 33.2 Å². The summed E-state index contributed by atoms with van der Waals surface area (Å²) in [5, 5.41) is 34.0. The fourth-order valence-electron chi connectivity index (χ4n) is 7.50. The molecule has 0 unspecified atom stereocenters.